The number of halogens is 1. The van der Waals surface area contributed by atoms with Gasteiger partial charge in [0.2, 0.25) is 5.91 Å². The Morgan fingerprint density at radius 2 is 2.06 bits per heavy atom. The second-order valence-electron chi connectivity index (χ2n) is 4.16. The molecule has 0 radical (unpaired) electrons. The Morgan fingerprint density at radius 3 is 2.78 bits per heavy atom. The molecule has 98 valence electrons. The van der Waals surface area contributed by atoms with Crippen LogP contribution in [0.4, 0.5) is 4.39 Å². The van der Waals surface area contributed by atoms with E-state index in [0.717, 1.165) is 26.2 Å². The van der Waals surface area contributed by atoms with E-state index in [9.17, 15) is 9.18 Å². The lowest BCUT2D eigenvalue weighted by molar-refractivity contribution is -0.131. The summed E-state index contributed by atoms with van der Waals surface area (Å²) in [6.07, 6.45) is 0.471. The van der Waals surface area contributed by atoms with E-state index in [1.807, 2.05) is 11.0 Å². The zero-order valence-corrected chi connectivity index (χ0v) is 11.0. The number of amides is 1. The van der Waals surface area contributed by atoms with E-state index in [1.165, 1.54) is 17.8 Å². The fourth-order valence-electron chi connectivity index (χ4n) is 1.88. The maximum atomic E-state index is 13.3. The molecule has 1 aromatic rings. The smallest absolute Gasteiger partial charge is 0.223 e. The highest BCUT2D eigenvalue weighted by molar-refractivity contribution is 7.99. The van der Waals surface area contributed by atoms with Gasteiger partial charge in [0.15, 0.2) is 0 Å². The van der Waals surface area contributed by atoms with E-state index in [2.05, 4.69) is 5.32 Å². The molecular weight excluding hydrogens is 251 g/mol. The van der Waals surface area contributed by atoms with Crippen LogP contribution >= 0.6 is 11.8 Å². The number of carbonyl (C=O) groups is 1. The highest BCUT2D eigenvalue weighted by Gasteiger charge is 2.15. The predicted octanol–water partition coefficient (Wildman–Crippen LogP) is 1.74. The summed E-state index contributed by atoms with van der Waals surface area (Å²) >= 11 is 1.40. The molecule has 1 aromatic carbocycles. The molecule has 5 heteroatoms. The molecule has 1 aliphatic rings. The predicted molar refractivity (Wildman–Crippen MR) is 71.2 cm³/mol. The highest BCUT2D eigenvalue weighted by atomic mass is 32.2. The molecule has 0 aromatic heterocycles. The number of hydrogen-bond donors (Lipinski definition) is 1. The van der Waals surface area contributed by atoms with Gasteiger partial charge >= 0.3 is 0 Å². The van der Waals surface area contributed by atoms with Crippen molar-refractivity contribution in [2.45, 2.75) is 11.3 Å². The number of piperazine rings is 1. The summed E-state index contributed by atoms with van der Waals surface area (Å²) in [5.74, 6) is 0.585. The van der Waals surface area contributed by atoms with Crippen molar-refractivity contribution < 1.29 is 9.18 Å². The van der Waals surface area contributed by atoms with Crippen LogP contribution in [-0.2, 0) is 4.79 Å². The van der Waals surface area contributed by atoms with E-state index < -0.39 is 0 Å². The fourth-order valence-corrected chi connectivity index (χ4v) is 2.76. The van der Waals surface area contributed by atoms with Gasteiger partial charge in [-0.25, -0.2) is 4.39 Å². The minimum atomic E-state index is -0.211. The van der Waals surface area contributed by atoms with Crippen LogP contribution in [0.1, 0.15) is 6.42 Å². The average Bonchev–Trinajstić information content (AvgIpc) is 2.42. The summed E-state index contributed by atoms with van der Waals surface area (Å²) in [6.45, 7) is 3.30. The third-order valence-corrected chi connectivity index (χ3v) is 3.93. The Bertz CT molecular complexity index is 408. The van der Waals surface area contributed by atoms with Crippen LogP contribution in [0.2, 0.25) is 0 Å². The first-order valence-electron chi connectivity index (χ1n) is 6.13. The van der Waals surface area contributed by atoms with Crippen LogP contribution in [0.15, 0.2) is 29.2 Å². The van der Waals surface area contributed by atoms with Gasteiger partial charge in [0, 0.05) is 43.2 Å². The highest BCUT2D eigenvalue weighted by Crippen LogP contribution is 2.21. The summed E-state index contributed by atoms with van der Waals surface area (Å²) in [7, 11) is 0. The summed E-state index contributed by atoms with van der Waals surface area (Å²) < 4.78 is 13.3. The van der Waals surface area contributed by atoms with Crippen LogP contribution in [0.5, 0.6) is 0 Å². The molecule has 0 saturated carbocycles. The second kappa shape index (κ2) is 6.75. The summed E-state index contributed by atoms with van der Waals surface area (Å²) in [5, 5.41) is 3.21. The number of benzene rings is 1. The van der Waals surface area contributed by atoms with Gasteiger partial charge < -0.3 is 10.2 Å². The van der Waals surface area contributed by atoms with Gasteiger partial charge in [0.1, 0.15) is 5.82 Å². The van der Waals surface area contributed by atoms with Crippen LogP contribution in [0.25, 0.3) is 0 Å². The minimum Gasteiger partial charge on any atom is -0.340 e. The largest absolute Gasteiger partial charge is 0.340 e. The number of nitrogens with zero attached hydrogens (tertiary/aromatic N) is 1. The molecule has 0 unspecified atom stereocenters. The molecule has 0 aliphatic carbocycles. The van der Waals surface area contributed by atoms with Crippen molar-refractivity contribution >= 4 is 17.7 Å². The van der Waals surface area contributed by atoms with Crippen molar-refractivity contribution in [1.82, 2.24) is 10.2 Å². The van der Waals surface area contributed by atoms with E-state index >= 15 is 0 Å². The fraction of sp³-hybridized carbons (Fsp3) is 0.462. The average molecular weight is 268 g/mol. The first-order chi connectivity index (χ1) is 8.77. The molecule has 18 heavy (non-hydrogen) atoms. The first-order valence-corrected chi connectivity index (χ1v) is 7.12. The molecule has 3 nitrogen and oxygen atoms in total. The lowest BCUT2D eigenvalue weighted by atomic mass is 10.3. The number of thioether (sulfide) groups is 1. The van der Waals surface area contributed by atoms with Crippen molar-refractivity contribution in [3.05, 3.63) is 30.1 Å². The van der Waals surface area contributed by atoms with Gasteiger partial charge in [-0.2, -0.15) is 0 Å². The normalized spacial score (nSPS) is 15.7. The molecule has 0 bridgehead atoms. The Balaban J connectivity index is 1.75. The van der Waals surface area contributed by atoms with E-state index in [1.54, 1.807) is 12.1 Å². The van der Waals surface area contributed by atoms with Gasteiger partial charge in [-0.1, -0.05) is 12.1 Å². The maximum absolute atomic E-state index is 13.3. The Kier molecular flexibility index (Phi) is 5.01. The van der Waals surface area contributed by atoms with E-state index in [4.69, 9.17) is 0 Å². The number of hydrogen-bond acceptors (Lipinski definition) is 3. The molecule has 1 saturated heterocycles. The van der Waals surface area contributed by atoms with Crippen molar-refractivity contribution in [2.75, 3.05) is 31.9 Å². The quantitative estimate of drug-likeness (QED) is 0.844. The zero-order chi connectivity index (χ0) is 12.8. The lowest BCUT2D eigenvalue weighted by Crippen LogP contribution is -2.46. The van der Waals surface area contributed by atoms with Crippen LogP contribution < -0.4 is 5.32 Å². The molecule has 1 amide bonds. The van der Waals surface area contributed by atoms with E-state index in [0.29, 0.717) is 17.1 Å². The van der Waals surface area contributed by atoms with Crippen molar-refractivity contribution in [3.63, 3.8) is 0 Å². The maximum Gasteiger partial charge on any atom is 0.223 e. The molecule has 1 aliphatic heterocycles. The topological polar surface area (TPSA) is 32.3 Å². The standard InChI is InChI=1S/C13H17FN2OS/c14-11-3-1-2-4-12(11)18-10-5-13(17)16-8-6-15-7-9-16/h1-4,15H,5-10H2. The van der Waals surface area contributed by atoms with E-state index in [-0.39, 0.29) is 11.7 Å². The van der Waals surface area contributed by atoms with Gasteiger partial charge in [0.05, 0.1) is 0 Å². The summed E-state index contributed by atoms with van der Waals surface area (Å²) in [5.41, 5.74) is 0. The Morgan fingerprint density at radius 1 is 1.33 bits per heavy atom. The zero-order valence-electron chi connectivity index (χ0n) is 10.2. The van der Waals surface area contributed by atoms with Crippen LogP contribution in [0.3, 0.4) is 0 Å². The Labute approximate surface area is 111 Å². The molecule has 1 N–H and O–H groups in total. The summed E-state index contributed by atoms with van der Waals surface area (Å²) in [4.78, 5) is 14.4. The molecule has 0 spiro atoms. The molecule has 0 atom stereocenters. The second-order valence-corrected chi connectivity index (χ2v) is 5.30. The molecule has 1 fully saturated rings. The monoisotopic (exact) mass is 268 g/mol. The molecule has 2 rings (SSSR count). The third-order valence-electron chi connectivity index (χ3n) is 2.88. The van der Waals surface area contributed by atoms with Crippen LogP contribution in [0, 0.1) is 5.82 Å². The van der Waals surface area contributed by atoms with Crippen LogP contribution in [-0.4, -0.2) is 42.7 Å². The first kappa shape index (κ1) is 13.4. The number of rotatable bonds is 4. The van der Waals surface area contributed by atoms with Gasteiger partial charge in [-0.3, -0.25) is 4.79 Å². The molecule has 1 heterocycles. The molecular formula is C13H17FN2OS. The number of carbonyl (C=O) groups excluding carboxylic acids is 1. The summed E-state index contributed by atoms with van der Waals surface area (Å²) in [6, 6.07) is 6.67. The van der Waals surface area contributed by atoms with Crippen molar-refractivity contribution in [2.24, 2.45) is 0 Å². The van der Waals surface area contributed by atoms with Crippen molar-refractivity contribution in [1.29, 1.82) is 0 Å². The minimum absolute atomic E-state index is 0.167. The number of nitrogens with one attached hydrogen (secondary N) is 1. The Hall–Kier alpha value is -1.07. The van der Waals surface area contributed by atoms with Gasteiger partial charge in [0.25, 0.3) is 0 Å². The van der Waals surface area contributed by atoms with Gasteiger partial charge in [-0.05, 0) is 12.1 Å². The SMILES string of the molecule is O=C(CCSc1ccccc1F)N1CCNCC1. The van der Waals surface area contributed by atoms with Gasteiger partial charge in [-0.15, -0.1) is 11.8 Å². The third kappa shape index (κ3) is 3.71. The lowest BCUT2D eigenvalue weighted by Gasteiger charge is -2.27. The van der Waals surface area contributed by atoms with Crippen molar-refractivity contribution in [3.8, 4) is 0 Å².